The summed E-state index contributed by atoms with van der Waals surface area (Å²) in [6, 6.07) is 17.3. The van der Waals surface area contributed by atoms with Gasteiger partial charge >= 0.3 is 0 Å². The van der Waals surface area contributed by atoms with Crippen LogP contribution in [-0.2, 0) is 0 Å². The van der Waals surface area contributed by atoms with E-state index in [0.717, 1.165) is 16.6 Å². The third-order valence-electron chi connectivity index (χ3n) is 3.52. The van der Waals surface area contributed by atoms with E-state index in [2.05, 4.69) is 15.1 Å². The lowest BCUT2D eigenvalue weighted by Crippen LogP contribution is -2.08. The molecule has 22 heavy (non-hydrogen) atoms. The molecule has 0 unspecified atom stereocenters. The molecule has 0 aliphatic carbocycles. The molecule has 0 saturated carbocycles. The number of aromatic nitrogens is 4. The van der Waals surface area contributed by atoms with Crippen LogP contribution in [0.2, 0.25) is 0 Å². The molecule has 2 aromatic carbocycles. The third-order valence-corrected chi connectivity index (χ3v) is 3.52. The maximum Gasteiger partial charge on any atom is 0.245 e. The molecule has 0 bridgehead atoms. The number of benzene rings is 2. The van der Waals surface area contributed by atoms with E-state index in [1.165, 1.54) is 11.6 Å². The monoisotopic (exact) mass is 288 g/mol. The molecule has 0 atom stereocenters. The first kappa shape index (κ1) is 12.6. The smallest absolute Gasteiger partial charge is 0.245 e. The van der Waals surface area contributed by atoms with Crippen molar-refractivity contribution in [3.63, 3.8) is 0 Å². The Kier molecular flexibility index (Phi) is 2.72. The van der Waals surface area contributed by atoms with Gasteiger partial charge < -0.3 is 0 Å². The highest BCUT2D eigenvalue weighted by Gasteiger charge is 2.18. The molecule has 0 fully saturated rings. The largest absolute Gasteiger partial charge is 0.273 e. The van der Waals surface area contributed by atoms with Gasteiger partial charge in [-0.25, -0.2) is 9.97 Å². The molecule has 0 aliphatic heterocycles. The van der Waals surface area contributed by atoms with E-state index in [9.17, 15) is 4.79 Å². The van der Waals surface area contributed by atoms with Crippen molar-refractivity contribution in [2.75, 3.05) is 0 Å². The Bertz CT molecular complexity index is 1010. The molecule has 2 heterocycles. The van der Waals surface area contributed by atoms with Gasteiger partial charge in [0.05, 0.1) is 11.0 Å². The molecule has 0 amide bonds. The van der Waals surface area contributed by atoms with Crippen LogP contribution in [0.3, 0.4) is 0 Å². The fourth-order valence-electron chi connectivity index (χ4n) is 2.50. The first-order chi connectivity index (χ1) is 10.7. The summed E-state index contributed by atoms with van der Waals surface area (Å²) in [5.74, 6) is -0.184. The van der Waals surface area contributed by atoms with Crippen LogP contribution in [0.4, 0.5) is 0 Å². The molecule has 4 rings (SSSR count). The van der Waals surface area contributed by atoms with Crippen molar-refractivity contribution in [2.24, 2.45) is 0 Å². The zero-order valence-corrected chi connectivity index (χ0v) is 11.9. The van der Waals surface area contributed by atoms with E-state index in [-0.39, 0.29) is 5.91 Å². The molecule has 0 saturated heterocycles. The number of para-hydroxylation sites is 2. The van der Waals surface area contributed by atoms with Gasteiger partial charge in [-0.2, -0.15) is 9.78 Å². The summed E-state index contributed by atoms with van der Waals surface area (Å²) in [5.41, 5.74) is 4.25. The van der Waals surface area contributed by atoms with Gasteiger partial charge in [-0.05, 0) is 12.1 Å². The van der Waals surface area contributed by atoms with E-state index >= 15 is 0 Å². The van der Waals surface area contributed by atoms with Crippen LogP contribution in [0, 0.1) is 0 Å². The molecule has 5 heteroatoms. The van der Waals surface area contributed by atoms with Crippen LogP contribution in [0.15, 0.2) is 54.6 Å². The van der Waals surface area contributed by atoms with Crippen molar-refractivity contribution < 1.29 is 4.79 Å². The molecule has 4 aromatic rings. The topological polar surface area (TPSA) is 60.7 Å². The predicted octanol–water partition coefficient (Wildman–Crippen LogP) is 3.31. The number of fused-ring (bicyclic) bond motifs is 2. The highest BCUT2D eigenvalue weighted by molar-refractivity contribution is 5.97. The first-order valence-corrected chi connectivity index (χ1v) is 6.96. The SMILES string of the molecule is CC(=O)n1nc(-c2ccccc2)c2nc3ccccc3nc21. The summed E-state index contributed by atoms with van der Waals surface area (Å²) in [7, 11) is 0. The highest BCUT2D eigenvalue weighted by atomic mass is 16.2. The number of carbonyl (C=O) groups excluding carboxylic acids is 1. The van der Waals surface area contributed by atoms with Gasteiger partial charge in [-0.1, -0.05) is 42.5 Å². The molecule has 0 radical (unpaired) electrons. The summed E-state index contributed by atoms with van der Waals surface area (Å²) >= 11 is 0. The molecule has 5 nitrogen and oxygen atoms in total. The lowest BCUT2D eigenvalue weighted by atomic mass is 10.1. The second-order valence-electron chi connectivity index (χ2n) is 5.03. The molecule has 0 aliphatic rings. The van der Waals surface area contributed by atoms with E-state index in [0.29, 0.717) is 16.9 Å². The van der Waals surface area contributed by atoms with Crippen LogP contribution in [-0.4, -0.2) is 25.7 Å². The first-order valence-electron chi connectivity index (χ1n) is 6.96. The average molecular weight is 288 g/mol. The summed E-state index contributed by atoms with van der Waals surface area (Å²) in [6.07, 6.45) is 0. The van der Waals surface area contributed by atoms with E-state index < -0.39 is 0 Å². The predicted molar refractivity (Wildman–Crippen MR) is 84.6 cm³/mol. The minimum atomic E-state index is -0.184. The Hall–Kier alpha value is -3.08. The Balaban J connectivity index is 2.13. The van der Waals surface area contributed by atoms with Crippen LogP contribution in [0.25, 0.3) is 33.5 Å². The van der Waals surface area contributed by atoms with E-state index in [4.69, 9.17) is 0 Å². The van der Waals surface area contributed by atoms with Crippen LogP contribution in [0.1, 0.15) is 11.7 Å². The van der Waals surface area contributed by atoms with Crippen molar-refractivity contribution in [1.29, 1.82) is 0 Å². The summed E-state index contributed by atoms with van der Waals surface area (Å²) in [4.78, 5) is 21.1. The van der Waals surface area contributed by atoms with Gasteiger partial charge in [0.15, 0.2) is 5.65 Å². The third kappa shape index (κ3) is 1.87. The molecule has 0 spiro atoms. The van der Waals surface area contributed by atoms with Gasteiger partial charge in [0.1, 0.15) is 11.2 Å². The molecular formula is C17H12N4O. The second kappa shape index (κ2) is 4.73. The zero-order chi connectivity index (χ0) is 15.1. The van der Waals surface area contributed by atoms with Gasteiger partial charge in [0.2, 0.25) is 5.91 Å². The normalized spacial score (nSPS) is 11.1. The Morgan fingerprint density at radius 3 is 2.23 bits per heavy atom. The number of nitrogens with zero attached hydrogens (tertiary/aromatic N) is 4. The molecule has 0 N–H and O–H groups in total. The molecular weight excluding hydrogens is 276 g/mol. The minimum absolute atomic E-state index is 0.184. The maximum atomic E-state index is 11.9. The van der Waals surface area contributed by atoms with Crippen LogP contribution in [0.5, 0.6) is 0 Å². The number of hydrogen-bond acceptors (Lipinski definition) is 4. The van der Waals surface area contributed by atoms with Gasteiger partial charge in [0.25, 0.3) is 0 Å². The fraction of sp³-hybridized carbons (Fsp3) is 0.0588. The average Bonchev–Trinajstić information content (AvgIpc) is 2.92. The minimum Gasteiger partial charge on any atom is -0.273 e. The highest BCUT2D eigenvalue weighted by Crippen LogP contribution is 2.27. The maximum absolute atomic E-state index is 11.9. The van der Waals surface area contributed by atoms with Crippen molar-refractivity contribution in [3.05, 3.63) is 54.6 Å². The fourth-order valence-corrected chi connectivity index (χ4v) is 2.50. The zero-order valence-electron chi connectivity index (χ0n) is 11.9. The quantitative estimate of drug-likeness (QED) is 0.539. The summed E-state index contributed by atoms with van der Waals surface area (Å²) in [6.45, 7) is 1.47. The van der Waals surface area contributed by atoms with Gasteiger partial charge in [-0.15, -0.1) is 0 Å². The summed E-state index contributed by atoms with van der Waals surface area (Å²) in [5, 5.41) is 4.42. The second-order valence-corrected chi connectivity index (χ2v) is 5.03. The van der Waals surface area contributed by atoms with Crippen LogP contribution < -0.4 is 0 Å². The van der Waals surface area contributed by atoms with Gasteiger partial charge in [-0.3, -0.25) is 4.79 Å². The lowest BCUT2D eigenvalue weighted by molar-refractivity contribution is 0.0926. The lowest BCUT2D eigenvalue weighted by Gasteiger charge is -1.99. The van der Waals surface area contributed by atoms with E-state index in [1.807, 2.05) is 54.6 Å². The Labute approximate surface area is 126 Å². The van der Waals surface area contributed by atoms with Crippen molar-refractivity contribution >= 4 is 28.1 Å². The number of rotatable bonds is 1. The Morgan fingerprint density at radius 1 is 0.909 bits per heavy atom. The van der Waals surface area contributed by atoms with Crippen molar-refractivity contribution in [3.8, 4) is 11.3 Å². The molecule has 106 valence electrons. The number of hydrogen-bond donors (Lipinski definition) is 0. The van der Waals surface area contributed by atoms with Crippen molar-refractivity contribution in [2.45, 2.75) is 6.92 Å². The van der Waals surface area contributed by atoms with E-state index in [1.54, 1.807) is 0 Å². The van der Waals surface area contributed by atoms with Gasteiger partial charge in [0, 0.05) is 12.5 Å². The van der Waals surface area contributed by atoms with Crippen molar-refractivity contribution in [1.82, 2.24) is 19.7 Å². The molecule has 2 aromatic heterocycles. The summed E-state index contributed by atoms with van der Waals surface area (Å²) < 4.78 is 1.32. The van der Waals surface area contributed by atoms with Crippen LogP contribution >= 0.6 is 0 Å². The standard InChI is InChI=1S/C17H12N4O/c1-11(22)21-17-16(15(20-21)12-7-3-2-4-8-12)18-13-9-5-6-10-14(13)19-17/h2-10H,1H3. The Morgan fingerprint density at radius 2 is 1.55 bits per heavy atom. The number of carbonyl (C=O) groups is 1.